The lowest BCUT2D eigenvalue weighted by molar-refractivity contribution is 1.22. The third kappa shape index (κ3) is 5.79. The van der Waals surface area contributed by atoms with Gasteiger partial charge in [0.1, 0.15) is 11.5 Å². The molecule has 1 aromatic heterocycles. The van der Waals surface area contributed by atoms with Crippen LogP contribution in [0.2, 0.25) is 0 Å². The Morgan fingerprint density at radius 1 is 1.39 bits per heavy atom. The number of hydrazone groups is 1. The molecule has 5 nitrogen and oxygen atoms in total. The maximum atomic E-state index is 5.74. The number of hydrogen-bond donors (Lipinski definition) is 2. The van der Waals surface area contributed by atoms with Crippen LogP contribution in [0.4, 0.5) is 5.82 Å². The van der Waals surface area contributed by atoms with Crippen molar-refractivity contribution in [3.63, 3.8) is 0 Å². The van der Waals surface area contributed by atoms with Gasteiger partial charge in [0.15, 0.2) is 5.84 Å². The number of aromatic nitrogens is 1. The Labute approximate surface area is 109 Å². The number of allylic oxidation sites excluding steroid dienone is 1. The van der Waals surface area contributed by atoms with E-state index in [1.165, 1.54) is 0 Å². The van der Waals surface area contributed by atoms with Crippen LogP contribution in [0.5, 0.6) is 0 Å². The van der Waals surface area contributed by atoms with Gasteiger partial charge in [-0.05, 0) is 25.1 Å². The second kappa shape index (κ2) is 10.0. The van der Waals surface area contributed by atoms with E-state index < -0.39 is 0 Å². The Morgan fingerprint density at radius 3 is 2.61 bits per heavy atom. The zero-order chi connectivity index (χ0) is 13.8. The molecule has 0 bridgehead atoms. The summed E-state index contributed by atoms with van der Waals surface area (Å²) >= 11 is 0. The topological polar surface area (TPSA) is 75.7 Å². The second-order valence-electron chi connectivity index (χ2n) is 2.93. The fraction of sp³-hybridized carbons (Fsp3) is 0.308. The molecule has 1 rings (SSSR count). The van der Waals surface area contributed by atoms with Gasteiger partial charge < -0.3 is 5.73 Å². The van der Waals surface area contributed by atoms with Crippen molar-refractivity contribution in [3.8, 4) is 0 Å². The van der Waals surface area contributed by atoms with Crippen LogP contribution in [-0.4, -0.2) is 23.6 Å². The van der Waals surface area contributed by atoms with Crippen LogP contribution < -0.4 is 11.2 Å². The van der Waals surface area contributed by atoms with E-state index in [-0.39, 0.29) is 0 Å². The fourth-order valence-corrected chi connectivity index (χ4v) is 1.04. The molecule has 18 heavy (non-hydrogen) atoms. The van der Waals surface area contributed by atoms with Crippen LogP contribution in [0, 0.1) is 0 Å². The summed E-state index contributed by atoms with van der Waals surface area (Å²) in [5, 5.41) is 3.98. The van der Waals surface area contributed by atoms with E-state index in [9.17, 15) is 0 Å². The summed E-state index contributed by atoms with van der Waals surface area (Å²) < 4.78 is 0. The van der Waals surface area contributed by atoms with Gasteiger partial charge in [-0.3, -0.25) is 10.4 Å². The molecule has 0 radical (unpaired) electrons. The summed E-state index contributed by atoms with van der Waals surface area (Å²) in [6.07, 6.45) is 5.32. The van der Waals surface area contributed by atoms with Gasteiger partial charge in [-0.2, -0.15) is 5.10 Å². The molecule has 0 atom stereocenters. The minimum Gasteiger partial charge on any atom is -0.380 e. The third-order valence-corrected chi connectivity index (χ3v) is 1.78. The Bertz CT molecular complexity index is 407. The van der Waals surface area contributed by atoms with Crippen molar-refractivity contribution >= 4 is 17.4 Å². The first kappa shape index (κ1) is 15.8. The van der Waals surface area contributed by atoms with E-state index in [2.05, 4.69) is 20.5 Å². The molecule has 98 valence electrons. The van der Waals surface area contributed by atoms with Crippen molar-refractivity contribution in [1.82, 2.24) is 4.98 Å². The molecule has 0 fully saturated rings. The molecule has 3 N–H and O–H groups in total. The third-order valence-electron chi connectivity index (χ3n) is 1.78. The van der Waals surface area contributed by atoms with Crippen LogP contribution in [0.3, 0.4) is 0 Å². The first-order chi connectivity index (χ1) is 8.77. The van der Waals surface area contributed by atoms with Gasteiger partial charge in [0, 0.05) is 13.2 Å². The van der Waals surface area contributed by atoms with Gasteiger partial charge in [0.2, 0.25) is 0 Å². The van der Waals surface area contributed by atoms with Gasteiger partial charge in [-0.1, -0.05) is 26.0 Å². The predicted octanol–water partition coefficient (Wildman–Crippen LogP) is 2.44. The smallest absolute Gasteiger partial charge is 0.169 e. The number of amidine groups is 1. The van der Waals surface area contributed by atoms with E-state index >= 15 is 0 Å². The number of nitrogens with one attached hydrogen (secondary N) is 1. The molecule has 0 aliphatic carbocycles. The normalized spacial score (nSPS) is 12.0. The van der Waals surface area contributed by atoms with Gasteiger partial charge in [0.05, 0.1) is 0 Å². The van der Waals surface area contributed by atoms with Crippen LogP contribution >= 0.6 is 0 Å². The molecular weight excluding hydrogens is 226 g/mol. The first-order valence-corrected chi connectivity index (χ1v) is 5.88. The fourth-order valence-electron chi connectivity index (χ4n) is 1.04. The van der Waals surface area contributed by atoms with Crippen molar-refractivity contribution in [2.75, 3.05) is 12.5 Å². The molecule has 1 heterocycles. The van der Waals surface area contributed by atoms with Crippen LogP contribution in [-0.2, 0) is 0 Å². The number of nitrogens with two attached hydrogens (primary N) is 1. The van der Waals surface area contributed by atoms with Crippen LogP contribution in [0.1, 0.15) is 20.8 Å². The largest absolute Gasteiger partial charge is 0.380 e. The lowest BCUT2D eigenvalue weighted by Gasteiger charge is -2.01. The number of hydrogen-bond acceptors (Lipinski definition) is 4. The maximum absolute atomic E-state index is 5.74. The number of anilines is 1. The monoisotopic (exact) mass is 247 g/mol. The molecule has 0 aromatic carbocycles. The number of aliphatic imine (C=N–C) groups is 1. The van der Waals surface area contributed by atoms with Crippen LogP contribution in [0.15, 0.2) is 46.6 Å². The molecule has 0 aliphatic heterocycles. The van der Waals surface area contributed by atoms with Gasteiger partial charge in [-0.15, -0.1) is 0 Å². The molecule has 0 saturated heterocycles. The van der Waals surface area contributed by atoms with Crippen LogP contribution in [0.25, 0.3) is 0 Å². The van der Waals surface area contributed by atoms with E-state index in [1.807, 2.05) is 39.0 Å². The average Bonchev–Trinajstić information content (AvgIpc) is 2.45. The molecular formula is C13H21N5. The van der Waals surface area contributed by atoms with Crippen molar-refractivity contribution < 1.29 is 0 Å². The second-order valence-corrected chi connectivity index (χ2v) is 2.93. The molecule has 0 unspecified atom stereocenters. The molecule has 0 aliphatic rings. The minimum absolute atomic E-state index is 0.325. The lowest BCUT2D eigenvalue weighted by atomic mass is 10.3. The standard InChI is InChI=1S/C11H15N5.C2H6/c1-3-6-9(13-2)11(12)16-15-10-7-4-5-8-14-10;1-2/h3-8H,1-2H3,(H2,12,16)(H,14,15);1-2H3/b6-3-,13-9?;. The van der Waals surface area contributed by atoms with Crippen molar-refractivity contribution in [3.05, 3.63) is 36.5 Å². The Kier molecular flexibility index (Phi) is 8.81. The summed E-state index contributed by atoms with van der Waals surface area (Å²) in [5.74, 6) is 0.965. The zero-order valence-corrected chi connectivity index (χ0v) is 11.4. The first-order valence-electron chi connectivity index (χ1n) is 5.88. The quantitative estimate of drug-likeness (QED) is 0.487. The van der Waals surface area contributed by atoms with Crippen molar-refractivity contribution in [2.24, 2.45) is 15.8 Å². The average molecular weight is 247 g/mol. The highest BCUT2D eigenvalue weighted by atomic mass is 15.3. The highest BCUT2D eigenvalue weighted by molar-refractivity contribution is 6.45. The summed E-state index contributed by atoms with van der Waals surface area (Å²) in [6.45, 7) is 5.89. The number of nitrogens with zero attached hydrogens (tertiary/aromatic N) is 3. The number of pyridine rings is 1. The minimum atomic E-state index is 0.325. The van der Waals surface area contributed by atoms with Gasteiger partial charge >= 0.3 is 0 Å². The van der Waals surface area contributed by atoms with Crippen molar-refractivity contribution in [2.45, 2.75) is 20.8 Å². The zero-order valence-electron chi connectivity index (χ0n) is 11.4. The van der Waals surface area contributed by atoms with E-state index in [4.69, 9.17) is 5.73 Å². The maximum Gasteiger partial charge on any atom is 0.169 e. The van der Waals surface area contributed by atoms with E-state index in [0.29, 0.717) is 17.4 Å². The van der Waals surface area contributed by atoms with E-state index in [1.54, 1.807) is 25.4 Å². The van der Waals surface area contributed by atoms with Crippen molar-refractivity contribution in [1.29, 1.82) is 0 Å². The number of rotatable bonds is 4. The molecule has 0 amide bonds. The molecule has 5 heteroatoms. The molecule has 0 saturated carbocycles. The predicted molar refractivity (Wildman–Crippen MR) is 79.0 cm³/mol. The molecule has 0 spiro atoms. The molecule has 1 aromatic rings. The summed E-state index contributed by atoms with van der Waals surface area (Å²) in [6, 6.07) is 5.49. The van der Waals surface area contributed by atoms with Gasteiger partial charge in [-0.25, -0.2) is 4.98 Å². The van der Waals surface area contributed by atoms with Gasteiger partial charge in [0.25, 0.3) is 0 Å². The SMILES string of the molecule is C/C=C\C(=NC)/C(N)=N/Nc1ccccn1.CC. The lowest BCUT2D eigenvalue weighted by Crippen LogP contribution is -2.23. The Hall–Kier alpha value is -2.17. The summed E-state index contributed by atoms with van der Waals surface area (Å²) in [4.78, 5) is 8.05. The highest BCUT2D eigenvalue weighted by Crippen LogP contribution is 1.99. The van der Waals surface area contributed by atoms with E-state index in [0.717, 1.165) is 0 Å². The highest BCUT2D eigenvalue weighted by Gasteiger charge is 1.98. The summed E-state index contributed by atoms with van der Waals surface area (Å²) in [7, 11) is 1.67. The Morgan fingerprint density at radius 2 is 2.11 bits per heavy atom. The Balaban J connectivity index is 0.00000137. The summed E-state index contributed by atoms with van der Waals surface area (Å²) in [5.41, 5.74) is 9.13.